The highest BCUT2D eigenvalue weighted by Crippen LogP contribution is 2.20. The number of anilines is 1. The van der Waals surface area contributed by atoms with Crippen molar-refractivity contribution in [1.82, 2.24) is 0 Å². The minimum atomic E-state index is -0.827. The maximum absolute atomic E-state index is 10.4. The van der Waals surface area contributed by atoms with Crippen molar-refractivity contribution in [2.24, 2.45) is 11.5 Å². The summed E-state index contributed by atoms with van der Waals surface area (Å²) in [6, 6.07) is 5.71. The summed E-state index contributed by atoms with van der Waals surface area (Å²) in [5.41, 5.74) is 14.0. The Labute approximate surface area is 94.4 Å². The van der Waals surface area contributed by atoms with Gasteiger partial charge in [-0.05, 0) is 11.1 Å². The molecule has 0 unspecified atom stereocenters. The largest absolute Gasteiger partial charge is 0.481 e. The van der Waals surface area contributed by atoms with Crippen LogP contribution in [-0.2, 0) is 17.9 Å². The Morgan fingerprint density at radius 1 is 1.25 bits per heavy atom. The van der Waals surface area contributed by atoms with Crippen LogP contribution in [0.3, 0.4) is 0 Å². The van der Waals surface area contributed by atoms with E-state index in [9.17, 15) is 4.79 Å². The predicted octanol–water partition coefficient (Wildman–Crippen LogP) is 0.491. The number of para-hydroxylation sites is 1. The molecule has 0 aliphatic carbocycles. The van der Waals surface area contributed by atoms with Gasteiger partial charge in [-0.25, -0.2) is 0 Å². The molecule has 5 nitrogen and oxygen atoms in total. The Balaban J connectivity index is 2.78. The molecular formula is C11H17N3O2. The van der Waals surface area contributed by atoms with Gasteiger partial charge in [-0.15, -0.1) is 0 Å². The molecule has 16 heavy (non-hydrogen) atoms. The molecule has 0 fully saturated rings. The minimum Gasteiger partial charge on any atom is -0.481 e. The second-order valence-electron chi connectivity index (χ2n) is 3.43. The van der Waals surface area contributed by atoms with Gasteiger partial charge in [0.05, 0.1) is 6.42 Å². The molecule has 1 aromatic rings. The van der Waals surface area contributed by atoms with Crippen molar-refractivity contribution in [2.75, 3.05) is 11.9 Å². The highest BCUT2D eigenvalue weighted by Gasteiger charge is 2.06. The van der Waals surface area contributed by atoms with E-state index < -0.39 is 5.97 Å². The highest BCUT2D eigenvalue weighted by molar-refractivity contribution is 5.68. The monoisotopic (exact) mass is 223 g/mol. The highest BCUT2D eigenvalue weighted by atomic mass is 16.4. The molecule has 1 rings (SSSR count). The van der Waals surface area contributed by atoms with Gasteiger partial charge in [0.2, 0.25) is 0 Å². The average Bonchev–Trinajstić information content (AvgIpc) is 2.28. The summed E-state index contributed by atoms with van der Waals surface area (Å²) < 4.78 is 0. The van der Waals surface area contributed by atoms with E-state index in [2.05, 4.69) is 5.32 Å². The quantitative estimate of drug-likeness (QED) is 0.562. The number of nitrogens with one attached hydrogen (secondary N) is 1. The topological polar surface area (TPSA) is 101 Å². The fourth-order valence-electron chi connectivity index (χ4n) is 1.52. The number of nitrogens with two attached hydrogens (primary N) is 2. The number of benzene rings is 1. The van der Waals surface area contributed by atoms with Crippen molar-refractivity contribution < 1.29 is 9.90 Å². The zero-order valence-electron chi connectivity index (χ0n) is 9.07. The van der Waals surface area contributed by atoms with E-state index in [-0.39, 0.29) is 6.42 Å². The van der Waals surface area contributed by atoms with Crippen molar-refractivity contribution in [3.8, 4) is 0 Å². The molecule has 1 aromatic carbocycles. The van der Waals surface area contributed by atoms with E-state index >= 15 is 0 Å². The Hall–Kier alpha value is -1.59. The molecule has 0 radical (unpaired) electrons. The first kappa shape index (κ1) is 12.5. The molecule has 0 atom stereocenters. The molecule has 0 saturated carbocycles. The average molecular weight is 223 g/mol. The van der Waals surface area contributed by atoms with E-state index in [0.717, 1.165) is 16.8 Å². The Bertz CT molecular complexity index is 344. The first-order valence-electron chi connectivity index (χ1n) is 5.15. The lowest BCUT2D eigenvalue weighted by Crippen LogP contribution is -2.13. The van der Waals surface area contributed by atoms with Crippen LogP contribution >= 0.6 is 0 Å². The smallest absolute Gasteiger partial charge is 0.305 e. The van der Waals surface area contributed by atoms with Crippen molar-refractivity contribution in [1.29, 1.82) is 0 Å². The van der Waals surface area contributed by atoms with Gasteiger partial charge in [-0.1, -0.05) is 18.2 Å². The van der Waals surface area contributed by atoms with Gasteiger partial charge in [0.1, 0.15) is 0 Å². The van der Waals surface area contributed by atoms with E-state index in [4.69, 9.17) is 16.6 Å². The van der Waals surface area contributed by atoms with Crippen LogP contribution in [0.5, 0.6) is 0 Å². The predicted molar refractivity (Wildman–Crippen MR) is 63.0 cm³/mol. The number of aliphatic carboxylic acids is 1. The maximum Gasteiger partial charge on any atom is 0.305 e. The first-order valence-corrected chi connectivity index (χ1v) is 5.15. The lowest BCUT2D eigenvalue weighted by atomic mass is 10.1. The summed E-state index contributed by atoms with van der Waals surface area (Å²) in [5.74, 6) is -0.827. The van der Waals surface area contributed by atoms with Crippen LogP contribution in [-0.4, -0.2) is 17.6 Å². The van der Waals surface area contributed by atoms with Gasteiger partial charge < -0.3 is 21.9 Å². The second-order valence-corrected chi connectivity index (χ2v) is 3.43. The third-order valence-electron chi connectivity index (χ3n) is 2.32. The summed E-state index contributed by atoms with van der Waals surface area (Å²) >= 11 is 0. The van der Waals surface area contributed by atoms with Gasteiger partial charge in [-0.3, -0.25) is 4.79 Å². The van der Waals surface area contributed by atoms with Crippen LogP contribution in [0.25, 0.3) is 0 Å². The number of carboxylic acid groups (broad SMARTS) is 1. The molecule has 0 spiro atoms. The third-order valence-corrected chi connectivity index (χ3v) is 2.32. The molecule has 88 valence electrons. The molecule has 0 amide bonds. The lowest BCUT2D eigenvalue weighted by molar-refractivity contribution is -0.136. The third kappa shape index (κ3) is 3.22. The standard InChI is InChI=1S/C11H17N3O2/c12-6-8-2-1-3-9(7-13)11(8)14-5-4-10(15)16/h1-3,14H,4-7,12-13H2,(H,15,16). The van der Waals surface area contributed by atoms with Crippen LogP contribution in [0.1, 0.15) is 17.5 Å². The zero-order valence-corrected chi connectivity index (χ0v) is 9.07. The van der Waals surface area contributed by atoms with Crippen molar-refractivity contribution in [3.63, 3.8) is 0 Å². The molecule has 0 heterocycles. The van der Waals surface area contributed by atoms with E-state index in [1.54, 1.807) is 0 Å². The van der Waals surface area contributed by atoms with Gasteiger partial charge in [0.25, 0.3) is 0 Å². The summed E-state index contributed by atoms with van der Waals surface area (Å²) in [6.07, 6.45) is 0.0723. The molecule has 0 bridgehead atoms. The Kier molecular flexibility index (Phi) is 4.75. The van der Waals surface area contributed by atoms with E-state index in [0.29, 0.717) is 19.6 Å². The molecular weight excluding hydrogens is 206 g/mol. The zero-order chi connectivity index (χ0) is 12.0. The lowest BCUT2D eigenvalue weighted by Gasteiger charge is -2.14. The SMILES string of the molecule is NCc1cccc(CN)c1NCCC(=O)O. The molecule has 0 saturated heterocycles. The molecule has 5 heteroatoms. The van der Waals surface area contributed by atoms with Crippen molar-refractivity contribution in [2.45, 2.75) is 19.5 Å². The van der Waals surface area contributed by atoms with Gasteiger partial charge >= 0.3 is 5.97 Å². The van der Waals surface area contributed by atoms with Crippen molar-refractivity contribution >= 4 is 11.7 Å². The number of carbonyl (C=O) groups is 1. The van der Waals surface area contributed by atoms with Crippen LogP contribution < -0.4 is 16.8 Å². The van der Waals surface area contributed by atoms with E-state index in [1.165, 1.54) is 0 Å². The normalized spacial score (nSPS) is 10.1. The van der Waals surface area contributed by atoms with Crippen LogP contribution in [0, 0.1) is 0 Å². The van der Waals surface area contributed by atoms with Crippen molar-refractivity contribution in [3.05, 3.63) is 29.3 Å². The van der Waals surface area contributed by atoms with Gasteiger partial charge in [0.15, 0.2) is 0 Å². The Morgan fingerprint density at radius 2 is 1.81 bits per heavy atom. The minimum absolute atomic E-state index is 0.0723. The van der Waals surface area contributed by atoms with Crippen LogP contribution in [0.15, 0.2) is 18.2 Å². The first-order chi connectivity index (χ1) is 7.69. The fraction of sp³-hybridized carbons (Fsp3) is 0.364. The number of hydrogen-bond donors (Lipinski definition) is 4. The summed E-state index contributed by atoms with van der Waals surface area (Å²) in [6.45, 7) is 1.19. The van der Waals surface area contributed by atoms with E-state index in [1.807, 2.05) is 18.2 Å². The van der Waals surface area contributed by atoms with Crippen LogP contribution in [0.4, 0.5) is 5.69 Å². The fourth-order valence-corrected chi connectivity index (χ4v) is 1.52. The van der Waals surface area contributed by atoms with Crippen LogP contribution in [0.2, 0.25) is 0 Å². The summed E-state index contributed by atoms with van der Waals surface area (Å²) in [7, 11) is 0. The molecule has 0 aliphatic rings. The summed E-state index contributed by atoms with van der Waals surface area (Å²) in [4.78, 5) is 10.4. The number of carboxylic acids is 1. The van der Waals surface area contributed by atoms with Gasteiger partial charge in [0, 0.05) is 25.3 Å². The maximum atomic E-state index is 10.4. The molecule has 0 aliphatic heterocycles. The number of hydrogen-bond acceptors (Lipinski definition) is 4. The van der Waals surface area contributed by atoms with Gasteiger partial charge in [-0.2, -0.15) is 0 Å². The molecule has 6 N–H and O–H groups in total. The Morgan fingerprint density at radius 3 is 2.25 bits per heavy atom. The second kappa shape index (κ2) is 6.09. The summed E-state index contributed by atoms with van der Waals surface area (Å²) in [5, 5.41) is 11.6. The number of rotatable bonds is 6. The molecule has 0 aromatic heterocycles.